The fraction of sp³-hybridized carbons (Fsp3) is 0.0303. The number of hydrogen-bond donors (Lipinski definition) is 0. The SMILES string of the molecule is C1=CC2C(n3c4ccccc4c4cc(-c5ccc6cc(-c7cccc(-c8ccc(N(c9ccc%10oc%11ccccc%11c%10c9)c9ccccc9-n9c%10ccccc%10c%10ccccc%109)cc8)c7)ccc6c5)ccc43)C2(N(c2ccccc2)c2ccc(-c3cccc(-c4ccc5ccccc5c4)c3)cc2)C=C1. The maximum atomic E-state index is 6.39. The Morgan fingerprint density at radius 2 is 0.740 bits per heavy atom. The van der Waals surface area contributed by atoms with Crippen LogP contribution in [0.1, 0.15) is 6.04 Å². The van der Waals surface area contributed by atoms with E-state index in [1.54, 1.807) is 0 Å². The molecule has 3 heterocycles. The molecule has 3 aromatic heterocycles. The van der Waals surface area contributed by atoms with Gasteiger partial charge in [-0.15, -0.1) is 0 Å². The molecule has 0 saturated heterocycles. The van der Waals surface area contributed by atoms with E-state index in [1.165, 1.54) is 104 Å². The Morgan fingerprint density at radius 3 is 1.41 bits per heavy atom. The Labute approximate surface area is 602 Å². The second kappa shape index (κ2) is 23.8. The molecule has 0 radical (unpaired) electrons. The van der Waals surface area contributed by atoms with Gasteiger partial charge in [-0.25, -0.2) is 0 Å². The molecule has 0 aliphatic heterocycles. The predicted molar refractivity (Wildman–Crippen MR) is 436 cm³/mol. The summed E-state index contributed by atoms with van der Waals surface area (Å²) in [5, 5.41) is 12.1. The van der Waals surface area contributed by atoms with E-state index in [0.29, 0.717) is 0 Å². The molecule has 0 amide bonds. The van der Waals surface area contributed by atoms with Gasteiger partial charge in [0.25, 0.3) is 0 Å². The summed E-state index contributed by atoms with van der Waals surface area (Å²) >= 11 is 0. The second-order valence-corrected chi connectivity index (χ2v) is 28.0. The standard InChI is InChI=1S/C99H66N4O/c1-2-26-80(27-3-1)103(81-52-47-67(48-53-81)70-23-19-24-71(59-70)73-40-39-65-20-4-5-21-68(65)60-73)99-57-17-16-32-89(99)98(99)102-92-35-12-8-30-85(92)87-63-78(49-55-93(87)102)77-44-43-75-61-74(41-42-76(75)62-77)72-25-18-22-69(58-72)66-45-50-79(51-46-66)100(82-54-56-97-88(64-82)86-31-9-15-38-96(86)104-97)94-36-13-14-37-95(94)101-90-33-10-6-28-83(90)84-29-7-11-34-91(84)101/h1-64,89,98H. The lowest BCUT2D eigenvalue weighted by Crippen LogP contribution is -2.36. The lowest BCUT2D eigenvalue weighted by Gasteiger charge is -2.35. The first-order valence-electron chi connectivity index (χ1n) is 36.0. The Morgan fingerprint density at radius 1 is 0.279 bits per heavy atom. The minimum absolute atomic E-state index is 0.113. The highest BCUT2D eigenvalue weighted by Crippen LogP contribution is 2.66. The average molecular weight is 1330 g/mol. The molecule has 3 atom stereocenters. The van der Waals surface area contributed by atoms with Crippen LogP contribution in [0.3, 0.4) is 0 Å². The summed E-state index contributed by atoms with van der Waals surface area (Å²) in [4.78, 5) is 5.01. The lowest BCUT2D eigenvalue weighted by atomic mass is 9.95. The fourth-order valence-corrected chi connectivity index (χ4v) is 17.3. The van der Waals surface area contributed by atoms with Crippen LogP contribution in [0.4, 0.5) is 28.4 Å². The molecule has 1 saturated carbocycles. The van der Waals surface area contributed by atoms with Crippen molar-refractivity contribution in [1.29, 1.82) is 0 Å². The van der Waals surface area contributed by atoms with Gasteiger partial charge in [-0.2, -0.15) is 0 Å². The van der Waals surface area contributed by atoms with Gasteiger partial charge < -0.3 is 23.4 Å². The van der Waals surface area contributed by atoms with Crippen LogP contribution in [0, 0.1) is 5.92 Å². The number of aromatic nitrogens is 2. The molecule has 19 aromatic rings. The molecule has 3 unspecified atom stereocenters. The molecule has 0 spiro atoms. The highest BCUT2D eigenvalue weighted by molar-refractivity contribution is 6.12. The van der Waals surface area contributed by atoms with Crippen molar-refractivity contribution in [3.05, 3.63) is 388 Å². The highest BCUT2D eigenvalue weighted by atomic mass is 16.3. The monoisotopic (exact) mass is 1330 g/mol. The van der Waals surface area contributed by atoms with Crippen molar-refractivity contribution in [2.24, 2.45) is 5.92 Å². The Balaban J connectivity index is 0.585. The molecule has 5 heteroatoms. The van der Waals surface area contributed by atoms with Crippen LogP contribution >= 0.6 is 0 Å². The van der Waals surface area contributed by atoms with Crippen molar-refractivity contribution < 1.29 is 4.42 Å². The molecule has 0 N–H and O–H groups in total. The van der Waals surface area contributed by atoms with E-state index in [1.807, 2.05) is 12.1 Å². The molecule has 104 heavy (non-hydrogen) atoms. The number of anilines is 5. The number of furan rings is 1. The van der Waals surface area contributed by atoms with E-state index in [0.717, 1.165) is 72.5 Å². The van der Waals surface area contributed by atoms with Gasteiger partial charge in [0.05, 0.1) is 34.0 Å². The molecule has 21 rings (SSSR count). The summed E-state index contributed by atoms with van der Waals surface area (Å²) in [5.74, 6) is 0.216. The third-order valence-corrected chi connectivity index (χ3v) is 22.2. The van der Waals surface area contributed by atoms with E-state index in [4.69, 9.17) is 4.42 Å². The summed E-state index contributed by atoms with van der Waals surface area (Å²) in [7, 11) is 0. The Kier molecular flexibility index (Phi) is 13.6. The van der Waals surface area contributed by atoms with Crippen LogP contribution in [-0.2, 0) is 0 Å². The van der Waals surface area contributed by atoms with Crippen LogP contribution in [-0.4, -0.2) is 14.7 Å². The van der Waals surface area contributed by atoms with Gasteiger partial charge >= 0.3 is 0 Å². The van der Waals surface area contributed by atoms with E-state index >= 15 is 0 Å². The number of hydrogen-bond acceptors (Lipinski definition) is 3. The van der Waals surface area contributed by atoms with Crippen LogP contribution < -0.4 is 9.80 Å². The molecule has 0 bridgehead atoms. The molecule has 16 aromatic carbocycles. The number of allylic oxidation sites excluding steroid dienone is 2. The molecule has 2 aliphatic carbocycles. The number of nitrogens with zero attached hydrogens (tertiary/aromatic N) is 4. The minimum atomic E-state index is -0.367. The number of rotatable bonds is 13. The smallest absolute Gasteiger partial charge is 0.135 e. The van der Waals surface area contributed by atoms with Gasteiger partial charge in [-0.1, -0.05) is 255 Å². The lowest BCUT2D eigenvalue weighted by molar-refractivity contribution is 0.669. The zero-order valence-electron chi connectivity index (χ0n) is 56.8. The van der Waals surface area contributed by atoms with Gasteiger partial charge in [0.15, 0.2) is 0 Å². The van der Waals surface area contributed by atoms with Gasteiger partial charge in [0.2, 0.25) is 0 Å². The highest BCUT2D eigenvalue weighted by Gasteiger charge is 2.68. The van der Waals surface area contributed by atoms with Gasteiger partial charge in [-0.05, 0) is 211 Å². The average Bonchev–Trinajstić information content (AvgIpc) is 1.50. The normalized spacial score (nSPS) is 15.5. The number of para-hydroxylation sites is 7. The van der Waals surface area contributed by atoms with Crippen molar-refractivity contribution in [3.8, 4) is 61.3 Å². The second-order valence-electron chi connectivity index (χ2n) is 28.0. The zero-order valence-corrected chi connectivity index (χ0v) is 56.8. The summed E-state index contributed by atoms with van der Waals surface area (Å²) in [6, 6.07) is 134. The fourth-order valence-electron chi connectivity index (χ4n) is 17.3. The summed E-state index contributed by atoms with van der Waals surface area (Å²) in [6.45, 7) is 0. The van der Waals surface area contributed by atoms with E-state index in [2.05, 4.69) is 395 Å². The van der Waals surface area contributed by atoms with Gasteiger partial charge in [-0.3, -0.25) is 0 Å². The van der Waals surface area contributed by atoms with Crippen molar-refractivity contribution in [3.63, 3.8) is 0 Å². The first kappa shape index (κ1) is 59.4. The van der Waals surface area contributed by atoms with E-state index in [9.17, 15) is 0 Å². The van der Waals surface area contributed by atoms with Crippen molar-refractivity contribution in [2.75, 3.05) is 9.80 Å². The summed E-state index contributed by atoms with van der Waals surface area (Å²) in [5.41, 5.74) is 24.6. The van der Waals surface area contributed by atoms with Gasteiger partial charge in [0, 0.05) is 72.0 Å². The molecular formula is C99H66N4O. The van der Waals surface area contributed by atoms with Gasteiger partial charge in [0.1, 0.15) is 11.2 Å². The van der Waals surface area contributed by atoms with Crippen LogP contribution in [0.15, 0.2) is 393 Å². The molecular weight excluding hydrogens is 1260 g/mol. The first-order chi connectivity index (χ1) is 51.5. The number of benzene rings is 16. The molecule has 5 nitrogen and oxygen atoms in total. The van der Waals surface area contributed by atoms with E-state index in [-0.39, 0.29) is 17.5 Å². The van der Waals surface area contributed by atoms with Crippen molar-refractivity contribution in [1.82, 2.24) is 9.13 Å². The zero-order chi connectivity index (χ0) is 68.4. The minimum Gasteiger partial charge on any atom is -0.456 e. The Hall–Kier alpha value is -13.5. The maximum absolute atomic E-state index is 6.39. The van der Waals surface area contributed by atoms with Crippen LogP contribution in [0.2, 0.25) is 0 Å². The largest absolute Gasteiger partial charge is 0.456 e. The Bertz CT molecular complexity index is 6660. The molecule has 1 fully saturated rings. The predicted octanol–water partition coefficient (Wildman–Crippen LogP) is 26.8. The van der Waals surface area contributed by atoms with Crippen LogP contribution in [0.25, 0.3) is 148 Å². The van der Waals surface area contributed by atoms with Crippen LogP contribution in [0.5, 0.6) is 0 Å². The topological polar surface area (TPSA) is 29.5 Å². The summed E-state index contributed by atoms with van der Waals surface area (Å²) in [6.07, 6.45) is 9.42. The number of fused-ring (bicyclic) bond motifs is 12. The summed E-state index contributed by atoms with van der Waals surface area (Å²) < 4.78 is 11.5. The third kappa shape index (κ3) is 9.62. The van der Waals surface area contributed by atoms with Crippen molar-refractivity contribution in [2.45, 2.75) is 11.6 Å². The molecule has 488 valence electrons. The maximum Gasteiger partial charge on any atom is 0.135 e. The third-order valence-electron chi connectivity index (χ3n) is 22.2. The van der Waals surface area contributed by atoms with E-state index < -0.39 is 0 Å². The molecule has 2 aliphatic rings. The van der Waals surface area contributed by atoms with Crippen molar-refractivity contribution >= 4 is 116 Å². The quantitative estimate of drug-likeness (QED) is 0.115. The first-order valence-corrected chi connectivity index (χ1v) is 36.0.